The lowest BCUT2D eigenvalue weighted by Crippen LogP contribution is -1.96. The maximum atomic E-state index is 12.9. The van der Waals surface area contributed by atoms with Crippen molar-refractivity contribution in [1.82, 2.24) is 0 Å². The van der Waals surface area contributed by atoms with Crippen molar-refractivity contribution in [2.24, 2.45) is 0 Å². The minimum absolute atomic E-state index is 0.174. The molecule has 0 fully saturated rings. The molecule has 12 heavy (non-hydrogen) atoms. The molecule has 1 aliphatic rings. The van der Waals surface area contributed by atoms with Gasteiger partial charge in [0.2, 0.25) is 0 Å². The fraction of sp³-hybridized carbons (Fsp3) is 0.200. The standard InChI is InChI=1S/C10H8BrF/c11-10-6-8(12)5-7-3-1-2-4-9(7)10/h1,3,5-6H,2,4H2. The van der Waals surface area contributed by atoms with Crippen molar-refractivity contribution >= 4 is 22.0 Å². The molecule has 2 rings (SSSR count). The van der Waals surface area contributed by atoms with Crippen molar-refractivity contribution in [2.45, 2.75) is 12.8 Å². The van der Waals surface area contributed by atoms with E-state index in [1.807, 2.05) is 6.08 Å². The zero-order valence-corrected chi connectivity index (χ0v) is 8.07. The first-order chi connectivity index (χ1) is 5.77. The van der Waals surface area contributed by atoms with Crippen LogP contribution in [0.5, 0.6) is 0 Å². The highest BCUT2D eigenvalue weighted by molar-refractivity contribution is 9.10. The maximum absolute atomic E-state index is 12.9. The third-order valence-corrected chi connectivity index (χ3v) is 2.76. The smallest absolute Gasteiger partial charge is 0.124 e. The van der Waals surface area contributed by atoms with Gasteiger partial charge in [0.05, 0.1) is 0 Å². The van der Waals surface area contributed by atoms with Crippen LogP contribution >= 0.6 is 15.9 Å². The minimum Gasteiger partial charge on any atom is -0.207 e. The Morgan fingerprint density at radius 2 is 2.17 bits per heavy atom. The number of allylic oxidation sites excluding steroid dienone is 1. The Bertz CT molecular complexity index is 342. The largest absolute Gasteiger partial charge is 0.207 e. The van der Waals surface area contributed by atoms with Crippen LogP contribution in [0, 0.1) is 5.82 Å². The van der Waals surface area contributed by atoms with E-state index in [0.717, 1.165) is 22.9 Å². The van der Waals surface area contributed by atoms with Gasteiger partial charge in [-0.2, -0.15) is 0 Å². The van der Waals surface area contributed by atoms with Crippen molar-refractivity contribution in [3.05, 3.63) is 39.6 Å². The number of halogens is 2. The van der Waals surface area contributed by atoms with E-state index >= 15 is 0 Å². The molecular formula is C10H8BrF. The van der Waals surface area contributed by atoms with Crippen molar-refractivity contribution in [1.29, 1.82) is 0 Å². The highest BCUT2D eigenvalue weighted by atomic mass is 79.9. The predicted molar refractivity (Wildman–Crippen MR) is 51.5 cm³/mol. The molecule has 0 aromatic heterocycles. The molecule has 0 saturated heterocycles. The average Bonchev–Trinajstić information content (AvgIpc) is 2.04. The molecule has 1 aromatic carbocycles. The second kappa shape index (κ2) is 3.02. The lowest BCUT2D eigenvalue weighted by atomic mass is 9.97. The van der Waals surface area contributed by atoms with Gasteiger partial charge in [-0.05, 0) is 36.1 Å². The summed E-state index contributed by atoms with van der Waals surface area (Å²) in [5.41, 5.74) is 2.23. The summed E-state index contributed by atoms with van der Waals surface area (Å²) >= 11 is 3.36. The number of fused-ring (bicyclic) bond motifs is 1. The van der Waals surface area contributed by atoms with Gasteiger partial charge >= 0.3 is 0 Å². The van der Waals surface area contributed by atoms with Crippen LogP contribution in [0.4, 0.5) is 4.39 Å². The van der Waals surface area contributed by atoms with E-state index < -0.39 is 0 Å². The zero-order valence-electron chi connectivity index (χ0n) is 6.48. The van der Waals surface area contributed by atoms with Gasteiger partial charge in [0, 0.05) is 4.47 Å². The highest BCUT2D eigenvalue weighted by Crippen LogP contribution is 2.27. The SMILES string of the molecule is Fc1cc(Br)c2c(c1)C=CCC2. The Balaban J connectivity index is 2.62. The van der Waals surface area contributed by atoms with E-state index in [1.165, 1.54) is 11.6 Å². The fourth-order valence-corrected chi connectivity index (χ4v) is 2.12. The molecule has 0 amide bonds. The van der Waals surface area contributed by atoms with Gasteiger partial charge in [-0.1, -0.05) is 28.1 Å². The molecule has 0 aliphatic heterocycles. The summed E-state index contributed by atoms with van der Waals surface area (Å²) in [6.07, 6.45) is 6.12. The first-order valence-corrected chi connectivity index (χ1v) is 4.71. The van der Waals surface area contributed by atoms with E-state index in [0.29, 0.717) is 0 Å². The third-order valence-electron chi connectivity index (χ3n) is 2.05. The summed E-state index contributed by atoms with van der Waals surface area (Å²) in [7, 11) is 0. The molecular weight excluding hydrogens is 219 g/mol. The van der Waals surface area contributed by atoms with Gasteiger partial charge in [0.1, 0.15) is 5.82 Å². The zero-order chi connectivity index (χ0) is 8.55. The summed E-state index contributed by atoms with van der Waals surface area (Å²) in [6.45, 7) is 0. The van der Waals surface area contributed by atoms with Gasteiger partial charge in [0.15, 0.2) is 0 Å². The topological polar surface area (TPSA) is 0 Å². The predicted octanol–water partition coefficient (Wildman–Crippen LogP) is 3.55. The fourth-order valence-electron chi connectivity index (χ4n) is 1.47. The average molecular weight is 227 g/mol. The van der Waals surface area contributed by atoms with Gasteiger partial charge in [0.25, 0.3) is 0 Å². The molecule has 0 atom stereocenters. The first kappa shape index (κ1) is 7.99. The van der Waals surface area contributed by atoms with Gasteiger partial charge in [-0.15, -0.1) is 0 Å². The second-order valence-electron chi connectivity index (χ2n) is 2.90. The van der Waals surface area contributed by atoms with Crippen LogP contribution in [0.2, 0.25) is 0 Å². The Morgan fingerprint density at radius 1 is 1.33 bits per heavy atom. The molecule has 1 aromatic rings. The van der Waals surface area contributed by atoms with Crippen LogP contribution in [-0.4, -0.2) is 0 Å². The molecule has 2 heteroatoms. The lowest BCUT2D eigenvalue weighted by Gasteiger charge is -2.11. The van der Waals surface area contributed by atoms with E-state index in [1.54, 1.807) is 6.07 Å². The Morgan fingerprint density at radius 3 is 3.00 bits per heavy atom. The van der Waals surface area contributed by atoms with Gasteiger partial charge in [-0.25, -0.2) is 4.39 Å². The van der Waals surface area contributed by atoms with E-state index in [-0.39, 0.29) is 5.82 Å². The van der Waals surface area contributed by atoms with Crippen LogP contribution in [0.15, 0.2) is 22.7 Å². The van der Waals surface area contributed by atoms with E-state index in [4.69, 9.17) is 0 Å². The molecule has 0 bridgehead atoms. The quantitative estimate of drug-likeness (QED) is 0.635. The molecule has 0 radical (unpaired) electrons. The van der Waals surface area contributed by atoms with Crippen LogP contribution in [0.1, 0.15) is 17.5 Å². The van der Waals surface area contributed by atoms with Crippen LogP contribution < -0.4 is 0 Å². The van der Waals surface area contributed by atoms with Crippen molar-refractivity contribution in [2.75, 3.05) is 0 Å². The third kappa shape index (κ3) is 1.31. The number of hydrogen-bond acceptors (Lipinski definition) is 0. The summed E-state index contributed by atoms with van der Waals surface area (Å²) in [5, 5.41) is 0. The molecule has 1 aliphatic carbocycles. The van der Waals surface area contributed by atoms with Gasteiger partial charge in [-0.3, -0.25) is 0 Å². The number of rotatable bonds is 0. The first-order valence-electron chi connectivity index (χ1n) is 3.92. The maximum Gasteiger partial charge on any atom is 0.124 e. The molecule has 0 N–H and O–H groups in total. The minimum atomic E-state index is -0.174. The monoisotopic (exact) mass is 226 g/mol. The lowest BCUT2D eigenvalue weighted by molar-refractivity contribution is 0.625. The molecule has 0 heterocycles. The Kier molecular flexibility index (Phi) is 2.01. The van der Waals surface area contributed by atoms with Crippen molar-refractivity contribution < 1.29 is 4.39 Å². The van der Waals surface area contributed by atoms with Crippen LogP contribution in [-0.2, 0) is 6.42 Å². The number of hydrogen-bond donors (Lipinski definition) is 0. The summed E-state index contributed by atoms with van der Waals surface area (Å²) in [5.74, 6) is -0.174. The second-order valence-corrected chi connectivity index (χ2v) is 3.75. The molecule has 0 unspecified atom stereocenters. The van der Waals surface area contributed by atoms with E-state index in [2.05, 4.69) is 22.0 Å². The Labute approximate surface area is 79.2 Å². The summed E-state index contributed by atoms with van der Waals surface area (Å²) < 4.78 is 13.8. The molecule has 62 valence electrons. The molecule has 0 saturated carbocycles. The summed E-state index contributed by atoms with van der Waals surface area (Å²) in [4.78, 5) is 0. The van der Waals surface area contributed by atoms with Crippen LogP contribution in [0.3, 0.4) is 0 Å². The van der Waals surface area contributed by atoms with Crippen LogP contribution in [0.25, 0.3) is 6.08 Å². The highest BCUT2D eigenvalue weighted by Gasteiger charge is 2.09. The number of benzene rings is 1. The molecule has 0 nitrogen and oxygen atoms in total. The van der Waals surface area contributed by atoms with Gasteiger partial charge < -0.3 is 0 Å². The van der Waals surface area contributed by atoms with Crippen molar-refractivity contribution in [3.63, 3.8) is 0 Å². The normalized spacial score (nSPS) is 14.5. The Hall–Kier alpha value is -0.630. The van der Waals surface area contributed by atoms with E-state index in [9.17, 15) is 4.39 Å². The summed E-state index contributed by atoms with van der Waals surface area (Å²) in [6, 6.07) is 3.10. The molecule has 0 spiro atoms. The van der Waals surface area contributed by atoms with Crippen molar-refractivity contribution in [3.8, 4) is 0 Å².